The lowest BCUT2D eigenvalue weighted by atomic mass is 10.5. The van der Waals surface area contributed by atoms with Crippen molar-refractivity contribution in [1.29, 1.82) is 5.41 Å². The van der Waals surface area contributed by atoms with Gasteiger partial charge in [-0.15, -0.1) is 34.0 Å². The van der Waals surface area contributed by atoms with Gasteiger partial charge in [0.15, 0.2) is 0 Å². The second-order valence-corrected chi connectivity index (χ2v) is 1.52. The van der Waals surface area contributed by atoms with Gasteiger partial charge < -0.3 is 11.1 Å². The Kier molecular flexibility index (Phi) is 20.0. The fourth-order valence-electron chi connectivity index (χ4n) is 0.333. The molecule has 0 atom stereocenters. The van der Waals surface area contributed by atoms with Crippen molar-refractivity contribution in [3.05, 3.63) is 0 Å². The maximum Gasteiger partial charge on any atom is 0.146 e. The van der Waals surface area contributed by atoms with E-state index in [1.54, 1.807) is 0 Å². The molecule has 0 aliphatic rings. The number of nitrogens with one attached hydrogen (secondary N) is 2. The normalized spacial score (nSPS) is 6.50. The minimum absolute atomic E-state index is 0. The maximum absolute atomic E-state index is 11.5. The molecule has 0 amide bonds. The van der Waals surface area contributed by atoms with Crippen molar-refractivity contribution >= 4 is 39.8 Å². The van der Waals surface area contributed by atoms with E-state index in [0.717, 1.165) is 0 Å². The van der Waals surface area contributed by atoms with Crippen LogP contribution >= 0.6 is 34.0 Å². The third-order valence-electron chi connectivity index (χ3n) is 0.751. The van der Waals surface area contributed by atoms with Gasteiger partial charge in [0.1, 0.15) is 12.5 Å². The average molecular weight is 305 g/mol. The number of halogens is 3. The van der Waals surface area contributed by atoms with Gasteiger partial charge in [-0.3, -0.25) is 5.41 Å². The van der Waals surface area contributed by atoms with Crippen LogP contribution in [-0.2, 0) is 0 Å². The SMILES string of the molecule is Br.Br.N=C(CF)NCC#CCN. The number of alkyl halides is 1. The van der Waals surface area contributed by atoms with Crippen molar-refractivity contribution < 1.29 is 4.39 Å². The second-order valence-electron chi connectivity index (χ2n) is 1.52. The van der Waals surface area contributed by atoms with Crippen molar-refractivity contribution in [2.45, 2.75) is 0 Å². The lowest BCUT2D eigenvalue weighted by Gasteiger charge is -1.96. The molecule has 0 heterocycles. The minimum atomic E-state index is -0.774. The minimum Gasteiger partial charge on any atom is -0.361 e. The third kappa shape index (κ3) is 12.5. The van der Waals surface area contributed by atoms with Crippen molar-refractivity contribution in [2.24, 2.45) is 5.73 Å². The highest BCUT2D eigenvalue weighted by Crippen LogP contribution is 1.67. The Labute approximate surface area is 92.3 Å². The van der Waals surface area contributed by atoms with Crippen molar-refractivity contribution in [3.8, 4) is 11.8 Å². The molecule has 0 spiro atoms. The van der Waals surface area contributed by atoms with Crippen LogP contribution in [-0.4, -0.2) is 25.6 Å². The number of hydrogen-bond donors (Lipinski definition) is 3. The van der Waals surface area contributed by atoms with Gasteiger partial charge in [0.2, 0.25) is 0 Å². The van der Waals surface area contributed by atoms with E-state index >= 15 is 0 Å². The first-order valence-electron chi connectivity index (χ1n) is 2.84. The predicted molar refractivity (Wildman–Crippen MR) is 59.2 cm³/mol. The number of amidine groups is 1. The topological polar surface area (TPSA) is 61.9 Å². The molecule has 72 valence electrons. The molecular formula is C6H12Br2FN3. The van der Waals surface area contributed by atoms with E-state index in [2.05, 4.69) is 17.2 Å². The summed E-state index contributed by atoms with van der Waals surface area (Å²) >= 11 is 0. The van der Waals surface area contributed by atoms with Crippen LogP contribution in [0.2, 0.25) is 0 Å². The van der Waals surface area contributed by atoms with E-state index in [9.17, 15) is 4.39 Å². The van der Waals surface area contributed by atoms with E-state index in [1.807, 2.05) is 0 Å². The molecule has 0 aromatic rings. The van der Waals surface area contributed by atoms with E-state index in [4.69, 9.17) is 11.1 Å². The molecule has 4 N–H and O–H groups in total. The van der Waals surface area contributed by atoms with Gasteiger partial charge in [-0.1, -0.05) is 11.8 Å². The fraction of sp³-hybridized carbons (Fsp3) is 0.500. The van der Waals surface area contributed by atoms with E-state index in [-0.39, 0.29) is 39.8 Å². The molecule has 0 aliphatic heterocycles. The smallest absolute Gasteiger partial charge is 0.146 e. The molecule has 0 aromatic heterocycles. The first kappa shape index (κ1) is 17.8. The zero-order valence-electron chi connectivity index (χ0n) is 6.39. The molecule has 0 saturated heterocycles. The van der Waals surface area contributed by atoms with Crippen LogP contribution in [0.25, 0.3) is 0 Å². The van der Waals surface area contributed by atoms with Gasteiger partial charge >= 0.3 is 0 Å². The van der Waals surface area contributed by atoms with Gasteiger partial charge in [-0.25, -0.2) is 4.39 Å². The largest absolute Gasteiger partial charge is 0.361 e. The summed E-state index contributed by atoms with van der Waals surface area (Å²) in [6, 6.07) is 0. The Morgan fingerprint density at radius 3 is 2.42 bits per heavy atom. The summed E-state index contributed by atoms with van der Waals surface area (Å²) in [4.78, 5) is 0. The molecule has 0 bridgehead atoms. The standard InChI is InChI=1S/C6H10FN3.2BrH/c7-5-6(9)10-4-2-1-3-8;;/h3-5,8H2,(H2,9,10);2*1H. The average Bonchev–Trinajstić information content (AvgIpc) is 1.98. The molecule has 6 heteroatoms. The molecule has 0 aliphatic carbocycles. The number of hydrogen-bond acceptors (Lipinski definition) is 2. The molecule has 3 nitrogen and oxygen atoms in total. The van der Waals surface area contributed by atoms with Crippen LogP contribution in [0.3, 0.4) is 0 Å². The van der Waals surface area contributed by atoms with Crippen molar-refractivity contribution in [3.63, 3.8) is 0 Å². The Morgan fingerprint density at radius 1 is 1.42 bits per heavy atom. The summed E-state index contributed by atoms with van der Waals surface area (Å²) in [5.74, 6) is 5.03. The zero-order valence-corrected chi connectivity index (χ0v) is 9.82. The van der Waals surface area contributed by atoms with E-state index < -0.39 is 6.67 Å². The first-order valence-corrected chi connectivity index (χ1v) is 2.84. The number of rotatable bonds is 2. The van der Waals surface area contributed by atoms with Gasteiger partial charge in [0.25, 0.3) is 0 Å². The van der Waals surface area contributed by atoms with Gasteiger partial charge in [-0.05, 0) is 0 Å². The summed E-state index contributed by atoms with van der Waals surface area (Å²) < 4.78 is 11.5. The monoisotopic (exact) mass is 303 g/mol. The fourth-order valence-corrected chi connectivity index (χ4v) is 0.333. The lowest BCUT2D eigenvalue weighted by molar-refractivity contribution is 0.570. The zero-order chi connectivity index (χ0) is 7.82. The summed E-state index contributed by atoms with van der Waals surface area (Å²) in [5, 5.41) is 9.23. The third-order valence-corrected chi connectivity index (χ3v) is 0.751. The molecule has 0 saturated carbocycles. The lowest BCUT2D eigenvalue weighted by Crippen LogP contribution is -2.24. The van der Waals surface area contributed by atoms with Crippen LogP contribution in [0.4, 0.5) is 4.39 Å². The maximum atomic E-state index is 11.5. The van der Waals surface area contributed by atoms with Crippen molar-refractivity contribution in [1.82, 2.24) is 5.32 Å². The molecule has 12 heavy (non-hydrogen) atoms. The molecule has 0 aromatic carbocycles. The summed E-state index contributed by atoms with van der Waals surface area (Å²) in [6.45, 7) is -0.186. The van der Waals surface area contributed by atoms with Gasteiger partial charge in [-0.2, -0.15) is 0 Å². The molecule has 0 unspecified atom stereocenters. The summed E-state index contributed by atoms with van der Waals surface area (Å²) in [6.07, 6.45) is 0. The summed E-state index contributed by atoms with van der Waals surface area (Å²) in [7, 11) is 0. The molecule has 0 rings (SSSR count). The first-order chi connectivity index (χ1) is 4.81. The van der Waals surface area contributed by atoms with Crippen LogP contribution in [0.1, 0.15) is 0 Å². The highest BCUT2D eigenvalue weighted by molar-refractivity contribution is 8.93. The molecule has 0 fully saturated rings. The van der Waals surface area contributed by atoms with E-state index in [0.29, 0.717) is 13.1 Å². The highest BCUT2D eigenvalue weighted by Gasteiger charge is 1.88. The van der Waals surface area contributed by atoms with Gasteiger partial charge in [0, 0.05) is 0 Å². The van der Waals surface area contributed by atoms with Crippen LogP contribution in [0.15, 0.2) is 0 Å². The Balaban J connectivity index is -0.000000405. The Bertz CT molecular complexity index is 164. The van der Waals surface area contributed by atoms with Gasteiger partial charge in [0.05, 0.1) is 13.1 Å². The Morgan fingerprint density at radius 2 is 2.00 bits per heavy atom. The highest BCUT2D eigenvalue weighted by atomic mass is 79.9. The second kappa shape index (κ2) is 13.5. The van der Waals surface area contributed by atoms with Crippen LogP contribution < -0.4 is 11.1 Å². The van der Waals surface area contributed by atoms with Crippen LogP contribution in [0.5, 0.6) is 0 Å². The molecule has 0 radical (unpaired) electrons. The number of nitrogens with two attached hydrogens (primary N) is 1. The molecular weight excluding hydrogens is 293 g/mol. The van der Waals surface area contributed by atoms with Crippen LogP contribution in [0, 0.1) is 17.3 Å². The van der Waals surface area contributed by atoms with E-state index in [1.165, 1.54) is 0 Å². The summed E-state index contributed by atoms with van der Waals surface area (Å²) in [5.41, 5.74) is 5.05. The van der Waals surface area contributed by atoms with Crippen molar-refractivity contribution in [2.75, 3.05) is 19.8 Å². The predicted octanol–water partition coefficient (Wildman–Crippen LogP) is 0.641. The Hall–Kier alpha value is -0.120. The quantitative estimate of drug-likeness (QED) is 0.398.